The predicted molar refractivity (Wildman–Crippen MR) is 48.6 cm³/mol. The lowest BCUT2D eigenvalue weighted by molar-refractivity contribution is 0.796. The van der Waals surface area contributed by atoms with Crippen LogP contribution in [0.15, 0.2) is 24.4 Å². The van der Waals surface area contributed by atoms with Gasteiger partial charge in [-0.15, -0.1) is 6.42 Å². The van der Waals surface area contributed by atoms with Gasteiger partial charge in [-0.3, -0.25) is 4.68 Å². The van der Waals surface area contributed by atoms with Crippen LogP contribution >= 0.6 is 0 Å². The highest BCUT2D eigenvalue weighted by atomic mass is 15.2. The lowest BCUT2D eigenvalue weighted by Crippen LogP contribution is -1.91. The molecule has 0 aliphatic carbocycles. The average Bonchev–Trinajstić information content (AvgIpc) is 2.48. The minimum Gasteiger partial charge on any atom is -0.267 e. The van der Waals surface area contributed by atoms with Gasteiger partial charge >= 0.3 is 0 Å². The van der Waals surface area contributed by atoms with E-state index in [0.29, 0.717) is 0 Å². The first-order chi connectivity index (χ1) is 5.83. The highest BCUT2D eigenvalue weighted by Crippen LogP contribution is 2.16. The summed E-state index contributed by atoms with van der Waals surface area (Å²) in [7, 11) is 1.89. The molecule has 0 amide bonds. The van der Waals surface area contributed by atoms with Crippen LogP contribution in [0.25, 0.3) is 10.9 Å². The van der Waals surface area contributed by atoms with Crippen LogP contribution in [-0.4, -0.2) is 9.78 Å². The molecule has 1 heterocycles. The summed E-state index contributed by atoms with van der Waals surface area (Å²) in [6.07, 6.45) is 7.17. The van der Waals surface area contributed by atoms with Crippen LogP contribution in [0, 0.1) is 12.3 Å². The van der Waals surface area contributed by atoms with Gasteiger partial charge in [-0.2, -0.15) is 5.10 Å². The molecule has 0 saturated heterocycles. The molecule has 0 fully saturated rings. The average molecular weight is 156 g/mol. The first-order valence-corrected chi connectivity index (χ1v) is 3.70. The zero-order valence-corrected chi connectivity index (χ0v) is 6.78. The summed E-state index contributed by atoms with van der Waals surface area (Å²) in [6, 6.07) is 5.87. The van der Waals surface area contributed by atoms with Gasteiger partial charge in [-0.25, -0.2) is 0 Å². The largest absolute Gasteiger partial charge is 0.267 e. The Hall–Kier alpha value is -1.75. The Labute approximate surface area is 70.8 Å². The van der Waals surface area contributed by atoms with Gasteiger partial charge in [-0.1, -0.05) is 18.1 Å². The Balaban J connectivity index is 2.96. The fourth-order valence-electron chi connectivity index (χ4n) is 1.35. The van der Waals surface area contributed by atoms with E-state index in [4.69, 9.17) is 6.42 Å². The summed E-state index contributed by atoms with van der Waals surface area (Å²) in [4.78, 5) is 0. The van der Waals surface area contributed by atoms with E-state index >= 15 is 0 Å². The lowest BCUT2D eigenvalue weighted by atomic mass is 10.1. The molecule has 1 aromatic heterocycles. The molecule has 0 radical (unpaired) electrons. The van der Waals surface area contributed by atoms with Crippen molar-refractivity contribution >= 4 is 10.9 Å². The molecule has 12 heavy (non-hydrogen) atoms. The van der Waals surface area contributed by atoms with E-state index in [0.717, 1.165) is 16.5 Å². The third kappa shape index (κ3) is 0.802. The number of fused-ring (bicyclic) bond motifs is 1. The number of terminal acetylenes is 1. The zero-order chi connectivity index (χ0) is 8.55. The van der Waals surface area contributed by atoms with Crippen molar-refractivity contribution in [2.45, 2.75) is 0 Å². The number of aromatic nitrogens is 2. The number of rotatable bonds is 0. The number of hydrogen-bond donors (Lipinski definition) is 0. The molecule has 2 rings (SSSR count). The van der Waals surface area contributed by atoms with Gasteiger partial charge in [0.05, 0.1) is 17.3 Å². The van der Waals surface area contributed by atoms with Crippen LogP contribution in [0.1, 0.15) is 5.56 Å². The van der Waals surface area contributed by atoms with Gasteiger partial charge in [0.2, 0.25) is 0 Å². The maximum Gasteiger partial charge on any atom is 0.0835 e. The SMILES string of the molecule is C#Cc1cccc2cnn(C)c12. The quantitative estimate of drug-likeness (QED) is 0.529. The normalized spacial score (nSPS) is 10.0. The van der Waals surface area contributed by atoms with Gasteiger partial charge in [0, 0.05) is 12.4 Å². The minimum absolute atomic E-state index is 0.896. The number of hydrogen-bond acceptors (Lipinski definition) is 1. The summed E-state index contributed by atoms with van der Waals surface area (Å²) in [5.41, 5.74) is 1.92. The number of benzene rings is 1. The molecule has 58 valence electrons. The van der Waals surface area contributed by atoms with E-state index in [-0.39, 0.29) is 0 Å². The smallest absolute Gasteiger partial charge is 0.0835 e. The number of para-hydroxylation sites is 1. The molecule has 2 aromatic rings. The third-order valence-corrected chi connectivity index (χ3v) is 1.92. The van der Waals surface area contributed by atoms with Gasteiger partial charge in [0.15, 0.2) is 0 Å². The molecule has 0 saturated carbocycles. The number of aryl methyl sites for hydroxylation is 1. The highest BCUT2D eigenvalue weighted by molar-refractivity contribution is 5.84. The van der Waals surface area contributed by atoms with E-state index in [9.17, 15) is 0 Å². The Morgan fingerprint density at radius 1 is 1.50 bits per heavy atom. The van der Waals surface area contributed by atoms with Crippen LogP contribution in [-0.2, 0) is 7.05 Å². The zero-order valence-electron chi connectivity index (χ0n) is 6.78. The monoisotopic (exact) mass is 156 g/mol. The topological polar surface area (TPSA) is 17.8 Å². The van der Waals surface area contributed by atoms with Crippen molar-refractivity contribution in [1.29, 1.82) is 0 Å². The van der Waals surface area contributed by atoms with Gasteiger partial charge < -0.3 is 0 Å². The molecule has 0 aliphatic rings. The van der Waals surface area contributed by atoms with Crippen molar-refractivity contribution in [2.75, 3.05) is 0 Å². The van der Waals surface area contributed by atoms with Crippen LogP contribution in [0.5, 0.6) is 0 Å². The Morgan fingerprint density at radius 3 is 3.08 bits per heavy atom. The van der Waals surface area contributed by atoms with E-state index < -0.39 is 0 Å². The van der Waals surface area contributed by atoms with Crippen molar-refractivity contribution in [3.8, 4) is 12.3 Å². The number of nitrogens with zero attached hydrogens (tertiary/aromatic N) is 2. The van der Waals surface area contributed by atoms with Crippen LogP contribution in [0.4, 0.5) is 0 Å². The lowest BCUT2D eigenvalue weighted by Gasteiger charge is -1.96. The van der Waals surface area contributed by atoms with E-state index in [1.807, 2.05) is 31.4 Å². The van der Waals surface area contributed by atoms with Gasteiger partial charge in [0.25, 0.3) is 0 Å². The van der Waals surface area contributed by atoms with E-state index in [2.05, 4.69) is 11.0 Å². The fourth-order valence-corrected chi connectivity index (χ4v) is 1.35. The second-order valence-corrected chi connectivity index (χ2v) is 2.66. The summed E-state index contributed by atoms with van der Waals surface area (Å²) >= 11 is 0. The van der Waals surface area contributed by atoms with Crippen molar-refractivity contribution in [1.82, 2.24) is 9.78 Å². The van der Waals surface area contributed by atoms with Gasteiger partial charge in [-0.05, 0) is 6.07 Å². The van der Waals surface area contributed by atoms with Crippen LogP contribution < -0.4 is 0 Å². The molecule has 0 spiro atoms. The first-order valence-electron chi connectivity index (χ1n) is 3.70. The molecule has 1 aromatic carbocycles. The Kier molecular flexibility index (Phi) is 1.38. The van der Waals surface area contributed by atoms with E-state index in [1.165, 1.54) is 0 Å². The Bertz CT molecular complexity index is 460. The van der Waals surface area contributed by atoms with Gasteiger partial charge in [0.1, 0.15) is 0 Å². The summed E-state index contributed by atoms with van der Waals surface area (Å²) < 4.78 is 1.80. The molecule has 0 aliphatic heterocycles. The molecule has 0 unspecified atom stereocenters. The van der Waals surface area contributed by atoms with Crippen molar-refractivity contribution < 1.29 is 0 Å². The Morgan fingerprint density at radius 2 is 2.33 bits per heavy atom. The molecule has 2 nitrogen and oxygen atoms in total. The van der Waals surface area contributed by atoms with E-state index in [1.54, 1.807) is 4.68 Å². The maximum atomic E-state index is 5.35. The van der Waals surface area contributed by atoms with Crippen LogP contribution in [0.3, 0.4) is 0 Å². The third-order valence-electron chi connectivity index (χ3n) is 1.92. The molecule has 0 N–H and O–H groups in total. The minimum atomic E-state index is 0.896. The summed E-state index contributed by atoms with van der Waals surface area (Å²) in [5, 5.41) is 5.22. The maximum absolute atomic E-state index is 5.35. The second kappa shape index (κ2) is 2.38. The van der Waals surface area contributed by atoms with Crippen LogP contribution in [0.2, 0.25) is 0 Å². The molecular weight excluding hydrogens is 148 g/mol. The highest BCUT2D eigenvalue weighted by Gasteiger charge is 2.01. The van der Waals surface area contributed by atoms with Crippen molar-refractivity contribution in [3.63, 3.8) is 0 Å². The van der Waals surface area contributed by atoms with Crippen molar-refractivity contribution in [3.05, 3.63) is 30.0 Å². The molecule has 0 bridgehead atoms. The molecule has 0 atom stereocenters. The molecular formula is C10H8N2. The summed E-state index contributed by atoms with van der Waals surface area (Å²) in [5.74, 6) is 2.64. The first kappa shape index (κ1) is 6.93. The standard InChI is InChI=1S/C10H8N2/c1-3-8-5-4-6-9-7-11-12(2)10(8)9/h1,4-7H,2H3. The molecule has 2 heteroatoms. The summed E-state index contributed by atoms with van der Waals surface area (Å²) in [6.45, 7) is 0. The second-order valence-electron chi connectivity index (χ2n) is 2.66. The fraction of sp³-hybridized carbons (Fsp3) is 0.100. The predicted octanol–water partition coefficient (Wildman–Crippen LogP) is 1.55. The van der Waals surface area contributed by atoms with Crippen molar-refractivity contribution in [2.24, 2.45) is 7.05 Å².